The molecule has 94 valence electrons. The van der Waals surface area contributed by atoms with Crippen LogP contribution < -0.4 is 5.73 Å². The molecule has 0 radical (unpaired) electrons. The molecule has 3 heteroatoms. The second-order valence-corrected chi connectivity index (χ2v) is 4.87. The molecule has 1 heterocycles. The van der Waals surface area contributed by atoms with Gasteiger partial charge in [0.25, 0.3) is 0 Å². The fourth-order valence-corrected chi connectivity index (χ4v) is 2.52. The Morgan fingerprint density at radius 1 is 1.24 bits per heavy atom. The molecule has 1 aliphatic rings. The van der Waals surface area contributed by atoms with Gasteiger partial charge in [-0.2, -0.15) is 0 Å². The largest absolute Gasteiger partial charge is 0.373 e. The highest BCUT2D eigenvalue weighted by Crippen LogP contribution is 2.30. The van der Waals surface area contributed by atoms with E-state index in [1.165, 1.54) is 19.3 Å². The van der Waals surface area contributed by atoms with Crippen LogP contribution in [-0.4, -0.2) is 23.7 Å². The molecular formula is C14H22N2O. The maximum Gasteiger partial charge on any atom is 0.0804 e. The van der Waals surface area contributed by atoms with Gasteiger partial charge in [-0.1, -0.05) is 25.3 Å². The average molecular weight is 234 g/mol. The van der Waals surface area contributed by atoms with Crippen molar-refractivity contribution in [2.45, 2.75) is 44.1 Å². The van der Waals surface area contributed by atoms with Gasteiger partial charge in [-0.3, -0.25) is 4.98 Å². The van der Waals surface area contributed by atoms with Gasteiger partial charge in [-0.15, -0.1) is 0 Å². The Labute approximate surface area is 103 Å². The summed E-state index contributed by atoms with van der Waals surface area (Å²) in [6.45, 7) is 1.38. The molecule has 0 aromatic carbocycles. The molecule has 0 bridgehead atoms. The summed E-state index contributed by atoms with van der Waals surface area (Å²) in [5.41, 5.74) is 6.92. The molecule has 2 N–H and O–H groups in total. The first-order valence-corrected chi connectivity index (χ1v) is 6.59. The maximum atomic E-state index is 6.06. The first-order valence-electron chi connectivity index (χ1n) is 6.59. The van der Waals surface area contributed by atoms with Crippen LogP contribution >= 0.6 is 0 Å². The fourth-order valence-electron chi connectivity index (χ4n) is 2.52. The van der Waals surface area contributed by atoms with Crippen LogP contribution in [0.25, 0.3) is 0 Å². The van der Waals surface area contributed by atoms with Crippen LogP contribution in [0.15, 0.2) is 24.4 Å². The van der Waals surface area contributed by atoms with E-state index in [2.05, 4.69) is 4.98 Å². The zero-order valence-corrected chi connectivity index (χ0v) is 10.4. The van der Waals surface area contributed by atoms with Gasteiger partial charge in [0.1, 0.15) is 0 Å². The lowest BCUT2D eigenvalue weighted by Gasteiger charge is -2.36. The summed E-state index contributed by atoms with van der Waals surface area (Å²) in [5, 5.41) is 0. The molecule has 0 unspecified atom stereocenters. The number of nitrogens with two attached hydrogens (primary N) is 1. The summed E-state index contributed by atoms with van der Waals surface area (Å²) in [7, 11) is 0. The smallest absolute Gasteiger partial charge is 0.0804 e. The second kappa shape index (κ2) is 6.12. The molecule has 0 atom stereocenters. The van der Waals surface area contributed by atoms with Crippen molar-refractivity contribution >= 4 is 0 Å². The first-order chi connectivity index (χ1) is 8.35. The topological polar surface area (TPSA) is 48.1 Å². The summed E-state index contributed by atoms with van der Waals surface area (Å²) in [4.78, 5) is 4.30. The molecule has 1 saturated carbocycles. The maximum absolute atomic E-state index is 6.06. The third kappa shape index (κ3) is 3.51. The average Bonchev–Trinajstić information content (AvgIpc) is 2.41. The van der Waals surface area contributed by atoms with E-state index in [1.54, 1.807) is 0 Å². The van der Waals surface area contributed by atoms with Gasteiger partial charge < -0.3 is 10.5 Å². The van der Waals surface area contributed by atoms with E-state index >= 15 is 0 Å². The van der Waals surface area contributed by atoms with Crippen LogP contribution in [-0.2, 0) is 11.2 Å². The molecular weight excluding hydrogens is 212 g/mol. The molecule has 17 heavy (non-hydrogen) atoms. The lowest BCUT2D eigenvalue weighted by atomic mass is 9.84. The minimum Gasteiger partial charge on any atom is -0.373 e. The van der Waals surface area contributed by atoms with Crippen LogP contribution in [0.5, 0.6) is 0 Å². The Morgan fingerprint density at radius 3 is 2.71 bits per heavy atom. The van der Waals surface area contributed by atoms with Crippen molar-refractivity contribution in [1.82, 2.24) is 4.98 Å². The van der Waals surface area contributed by atoms with Gasteiger partial charge in [-0.05, 0) is 25.0 Å². The van der Waals surface area contributed by atoms with Gasteiger partial charge in [0.2, 0.25) is 0 Å². The molecule has 0 spiro atoms. The summed E-state index contributed by atoms with van der Waals surface area (Å²) in [6.07, 6.45) is 8.77. The number of rotatable bonds is 5. The lowest BCUT2D eigenvalue weighted by molar-refractivity contribution is -0.0620. The Morgan fingerprint density at radius 2 is 2.06 bits per heavy atom. The molecule has 0 saturated heterocycles. The molecule has 0 aliphatic heterocycles. The SMILES string of the molecule is NCC1(OCCc2ccccn2)CCCCC1. The van der Waals surface area contributed by atoms with Gasteiger partial charge in [0.15, 0.2) is 0 Å². The number of hydrogen-bond acceptors (Lipinski definition) is 3. The number of ether oxygens (including phenoxy) is 1. The van der Waals surface area contributed by atoms with E-state index in [1.807, 2.05) is 24.4 Å². The van der Waals surface area contributed by atoms with E-state index in [9.17, 15) is 0 Å². The predicted octanol–water partition coefficient (Wildman–Crippen LogP) is 2.30. The van der Waals surface area contributed by atoms with Gasteiger partial charge in [0.05, 0.1) is 12.2 Å². The lowest BCUT2D eigenvalue weighted by Crippen LogP contribution is -2.43. The highest BCUT2D eigenvalue weighted by atomic mass is 16.5. The van der Waals surface area contributed by atoms with E-state index in [0.717, 1.165) is 31.6 Å². The second-order valence-electron chi connectivity index (χ2n) is 4.87. The quantitative estimate of drug-likeness (QED) is 0.850. The van der Waals surface area contributed by atoms with Crippen molar-refractivity contribution in [1.29, 1.82) is 0 Å². The van der Waals surface area contributed by atoms with E-state index < -0.39 is 0 Å². The predicted molar refractivity (Wildman–Crippen MR) is 68.8 cm³/mol. The molecule has 1 aromatic heterocycles. The summed E-state index contributed by atoms with van der Waals surface area (Å²) in [5.74, 6) is 0. The van der Waals surface area contributed by atoms with Crippen LogP contribution in [0.2, 0.25) is 0 Å². The minimum atomic E-state index is -0.0486. The number of pyridine rings is 1. The summed E-state index contributed by atoms with van der Waals surface area (Å²) in [6, 6.07) is 5.99. The van der Waals surface area contributed by atoms with Crippen molar-refractivity contribution in [3.05, 3.63) is 30.1 Å². The number of hydrogen-bond donors (Lipinski definition) is 1. The van der Waals surface area contributed by atoms with Crippen molar-refractivity contribution in [2.24, 2.45) is 5.73 Å². The molecule has 1 fully saturated rings. The zero-order chi connectivity index (χ0) is 12.0. The molecule has 1 aromatic rings. The first kappa shape index (κ1) is 12.5. The minimum absolute atomic E-state index is 0.0486. The highest BCUT2D eigenvalue weighted by Gasteiger charge is 2.31. The molecule has 2 rings (SSSR count). The highest BCUT2D eigenvalue weighted by molar-refractivity contribution is 5.03. The molecule has 3 nitrogen and oxygen atoms in total. The van der Waals surface area contributed by atoms with Crippen molar-refractivity contribution in [3.63, 3.8) is 0 Å². The standard InChI is InChI=1S/C14H22N2O/c15-12-14(8-3-1-4-9-14)17-11-7-13-6-2-5-10-16-13/h2,5-6,10H,1,3-4,7-9,11-12,15H2. The molecule has 1 aliphatic carbocycles. The Kier molecular flexibility index (Phi) is 4.51. The van der Waals surface area contributed by atoms with Crippen molar-refractivity contribution in [2.75, 3.05) is 13.2 Å². The Balaban J connectivity index is 1.80. The third-order valence-electron chi connectivity index (χ3n) is 3.63. The van der Waals surface area contributed by atoms with Gasteiger partial charge in [-0.25, -0.2) is 0 Å². The van der Waals surface area contributed by atoms with Gasteiger partial charge >= 0.3 is 0 Å². The van der Waals surface area contributed by atoms with Crippen LogP contribution in [0, 0.1) is 0 Å². The van der Waals surface area contributed by atoms with Gasteiger partial charge in [0, 0.05) is 24.9 Å². The summed E-state index contributed by atoms with van der Waals surface area (Å²) >= 11 is 0. The normalized spacial score (nSPS) is 19.1. The molecule has 0 amide bonds. The van der Waals surface area contributed by atoms with E-state index in [-0.39, 0.29) is 5.60 Å². The van der Waals surface area contributed by atoms with Crippen LogP contribution in [0.4, 0.5) is 0 Å². The number of aromatic nitrogens is 1. The number of nitrogens with zero attached hydrogens (tertiary/aromatic N) is 1. The fraction of sp³-hybridized carbons (Fsp3) is 0.643. The third-order valence-corrected chi connectivity index (χ3v) is 3.63. The van der Waals surface area contributed by atoms with E-state index in [4.69, 9.17) is 10.5 Å². The van der Waals surface area contributed by atoms with Crippen molar-refractivity contribution in [3.8, 4) is 0 Å². The Hall–Kier alpha value is -0.930. The summed E-state index contributed by atoms with van der Waals surface area (Å²) < 4.78 is 6.06. The van der Waals surface area contributed by atoms with Crippen LogP contribution in [0.1, 0.15) is 37.8 Å². The van der Waals surface area contributed by atoms with Crippen molar-refractivity contribution < 1.29 is 4.74 Å². The van der Waals surface area contributed by atoms with E-state index in [0.29, 0.717) is 6.54 Å². The Bertz CT molecular complexity index is 320. The van der Waals surface area contributed by atoms with Crippen LogP contribution in [0.3, 0.4) is 0 Å². The monoisotopic (exact) mass is 234 g/mol. The zero-order valence-electron chi connectivity index (χ0n) is 10.4.